The van der Waals surface area contributed by atoms with Crippen molar-refractivity contribution in [3.8, 4) is 5.75 Å². The monoisotopic (exact) mass is 634 g/mol. The number of aliphatic hydroxyl groups is 1. The standard InChI is InChI=1S/C35H46N4O7/c1-3-4-18-39-31(41)29(22-34(45)14-6-5-7-15-34)37-33(44)35(39)16-19-38(20-17-35)23-24-8-10-25(11-9-24)30(40)36-28-13-12-26(46-2)21-27(28)32(42)43/h8-13,21,29,45H,3-7,14-20,22-23H2,1-2H3,(H,36,40)(H,37,44)(H,42,43)/t29-/m1/s1. The molecule has 248 valence electrons. The number of ether oxygens (including phenoxy) is 1. The highest BCUT2D eigenvalue weighted by atomic mass is 16.5. The van der Waals surface area contributed by atoms with E-state index in [0.717, 1.165) is 37.7 Å². The van der Waals surface area contributed by atoms with Gasteiger partial charge in [0.2, 0.25) is 11.8 Å². The lowest BCUT2D eigenvalue weighted by atomic mass is 9.77. The Kier molecular flexibility index (Phi) is 10.3. The molecular formula is C35H46N4O7. The number of nitrogens with zero attached hydrogens (tertiary/aromatic N) is 2. The van der Waals surface area contributed by atoms with E-state index in [1.54, 1.807) is 18.2 Å². The summed E-state index contributed by atoms with van der Waals surface area (Å²) in [5.74, 6) is -1.39. The van der Waals surface area contributed by atoms with Gasteiger partial charge in [0.15, 0.2) is 0 Å². The van der Waals surface area contributed by atoms with Crippen LogP contribution < -0.4 is 15.4 Å². The fourth-order valence-electron chi connectivity index (χ4n) is 7.18. The third-order valence-corrected chi connectivity index (χ3v) is 9.92. The number of anilines is 1. The van der Waals surface area contributed by atoms with Gasteiger partial charge in [-0.3, -0.25) is 19.3 Å². The minimum Gasteiger partial charge on any atom is -0.497 e. The molecule has 2 saturated heterocycles. The van der Waals surface area contributed by atoms with Crippen LogP contribution in [0.4, 0.5) is 5.69 Å². The van der Waals surface area contributed by atoms with Crippen molar-refractivity contribution in [2.75, 3.05) is 32.1 Å². The Morgan fingerprint density at radius 1 is 1.02 bits per heavy atom. The number of piperazine rings is 1. The molecule has 3 amide bonds. The van der Waals surface area contributed by atoms with Crippen LogP contribution in [0.1, 0.15) is 97.4 Å². The lowest BCUT2D eigenvalue weighted by molar-refractivity contribution is -0.163. The van der Waals surface area contributed by atoms with Crippen LogP contribution in [0.15, 0.2) is 42.5 Å². The first-order chi connectivity index (χ1) is 22.1. The van der Waals surface area contributed by atoms with Gasteiger partial charge in [0, 0.05) is 38.2 Å². The molecule has 3 aliphatic rings. The fraction of sp³-hybridized carbons (Fsp3) is 0.543. The molecule has 3 fully saturated rings. The predicted molar refractivity (Wildman–Crippen MR) is 173 cm³/mol. The van der Waals surface area contributed by atoms with Gasteiger partial charge in [-0.05, 0) is 68.0 Å². The highest BCUT2D eigenvalue weighted by Crippen LogP contribution is 2.37. The number of amides is 3. The Balaban J connectivity index is 1.20. The summed E-state index contributed by atoms with van der Waals surface area (Å²) in [7, 11) is 1.44. The van der Waals surface area contributed by atoms with Crippen LogP contribution in [0, 0.1) is 0 Å². The summed E-state index contributed by atoms with van der Waals surface area (Å²) < 4.78 is 5.10. The number of methoxy groups -OCH3 is 1. The van der Waals surface area contributed by atoms with Crippen LogP contribution in [0.5, 0.6) is 5.75 Å². The summed E-state index contributed by atoms with van der Waals surface area (Å²) in [5, 5.41) is 26.4. The molecule has 0 bridgehead atoms. The second-order valence-electron chi connectivity index (χ2n) is 13.0. The van der Waals surface area contributed by atoms with Gasteiger partial charge in [0.1, 0.15) is 17.3 Å². The van der Waals surface area contributed by atoms with Gasteiger partial charge in [0.05, 0.1) is 24.0 Å². The summed E-state index contributed by atoms with van der Waals surface area (Å²) in [6, 6.07) is 10.9. The molecule has 11 heteroatoms. The van der Waals surface area contributed by atoms with Crippen LogP contribution in [0.2, 0.25) is 0 Å². The maximum Gasteiger partial charge on any atom is 0.337 e. The molecule has 5 rings (SSSR count). The number of rotatable bonds is 11. The predicted octanol–water partition coefficient (Wildman–Crippen LogP) is 4.19. The van der Waals surface area contributed by atoms with Crippen LogP contribution in [0.25, 0.3) is 0 Å². The molecule has 2 heterocycles. The topological polar surface area (TPSA) is 149 Å². The zero-order chi connectivity index (χ0) is 32.9. The molecule has 2 aliphatic heterocycles. The van der Waals surface area contributed by atoms with E-state index in [1.165, 1.54) is 19.2 Å². The first-order valence-corrected chi connectivity index (χ1v) is 16.5. The van der Waals surface area contributed by atoms with Gasteiger partial charge in [-0.15, -0.1) is 0 Å². The average Bonchev–Trinajstić information content (AvgIpc) is 3.05. The number of carbonyl (C=O) groups is 4. The Morgan fingerprint density at radius 2 is 1.72 bits per heavy atom. The van der Waals surface area contributed by atoms with Crippen LogP contribution >= 0.6 is 0 Å². The normalized spacial score (nSPS) is 21.1. The van der Waals surface area contributed by atoms with E-state index in [9.17, 15) is 29.4 Å². The third-order valence-electron chi connectivity index (χ3n) is 9.92. The van der Waals surface area contributed by atoms with E-state index in [0.29, 0.717) is 63.2 Å². The number of aromatic carboxylic acids is 1. The second-order valence-corrected chi connectivity index (χ2v) is 13.0. The Hall–Kier alpha value is -3.96. The smallest absolute Gasteiger partial charge is 0.337 e. The van der Waals surface area contributed by atoms with Crippen LogP contribution in [0.3, 0.4) is 0 Å². The summed E-state index contributed by atoms with van der Waals surface area (Å²) in [6.07, 6.45) is 7.37. The minimum absolute atomic E-state index is 0.0640. The number of benzene rings is 2. The summed E-state index contributed by atoms with van der Waals surface area (Å²) in [5.41, 5.74) is -0.276. The van der Waals surface area contributed by atoms with Crippen molar-refractivity contribution in [3.63, 3.8) is 0 Å². The molecule has 1 saturated carbocycles. The Bertz CT molecular complexity index is 1430. The van der Waals surface area contributed by atoms with Crippen LogP contribution in [-0.2, 0) is 16.1 Å². The molecule has 4 N–H and O–H groups in total. The van der Waals surface area contributed by atoms with E-state index >= 15 is 0 Å². The first-order valence-electron chi connectivity index (χ1n) is 16.5. The van der Waals surface area contributed by atoms with E-state index in [2.05, 4.69) is 22.5 Å². The SMILES string of the molecule is CCCCN1C(=O)[C@@H](CC2(O)CCCCC2)NC(=O)C12CCN(Cc1ccc(C(=O)Nc3ccc(OC)cc3C(=O)O)cc1)CC2. The Morgan fingerprint density at radius 3 is 2.35 bits per heavy atom. The van der Waals surface area contributed by atoms with E-state index in [1.807, 2.05) is 17.0 Å². The maximum absolute atomic E-state index is 13.8. The largest absolute Gasteiger partial charge is 0.497 e. The molecule has 46 heavy (non-hydrogen) atoms. The lowest BCUT2D eigenvalue weighted by Gasteiger charge is -2.52. The second kappa shape index (κ2) is 14.2. The molecule has 1 aliphatic carbocycles. The molecule has 2 aromatic carbocycles. The molecule has 11 nitrogen and oxygen atoms in total. The highest BCUT2D eigenvalue weighted by Gasteiger charge is 2.54. The van der Waals surface area contributed by atoms with Gasteiger partial charge in [-0.25, -0.2) is 4.79 Å². The number of carbonyl (C=O) groups excluding carboxylic acids is 3. The fourth-order valence-corrected chi connectivity index (χ4v) is 7.18. The number of piperidine rings is 1. The molecule has 0 unspecified atom stereocenters. The molecule has 1 atom stereocenters. The van der Waals surface area contributed by atoms with Crippen molar-refractivity contribution < 1.29 is 34.1 Å². The molecule has 2 aromatic rings. The van der Waals surface area contributed by atoms with Crippen molar-refractivity contribution in [1.29, 1.82) is 0 Å². The minimum atomic E-state index is -1.17. The zero-order valence-electron chi connectivity index (χ0n) is 26.8. The van der Waals surface area contributed by atoms with Crippen molar-refractivity contribution in [2.24, 2.45) is 0 Å². The van der Waals surface area contributed by atoms with Crippen molar-refractivity contribution in [3.05, 3.63) is 59.2 Å². The molecule has 1 spiro atoms. The highest BCUT2D eigenvalue weighted by molar-refractivity contribution is 6.08. The summed E-state index contributed by atoms with van der Waals surface area (Å²) in [6.45, 7) is 4.50. The third kappa shape index (κ3) is 7.20. The quantitative estimate of drug-likeness (QED) is 0.288. The summed E-state index contributed by atoms with van der Waals surface area (Å²) in [4.78, 5) is 56.3. The van der Waals surface area contributed by atoms with Gasteiger partial charge in [0.25, 0.3) is 5.91 Å². The van der Waals surface area contributed by atoms with E-state index in [4.69, 9.17) is 4.74 Å². The number of likely N-dealkylation sites (tertiary alicyclic amines) is 1. The maximum atomic E-state index is 13.8. The van der Waals surface area contributed by atoms with E-state index < -0.39 is 29.1 Å². The number of carboxylic acid groups (broad SMARTS) is 1. The van der Waals surface area contributed by atoms with Gasteiger partial charge < -0.3 is 30.5 Å². The number of unbranched alkanes of at least 4 members (excludes halogenated alkanes) is 1. The summed E-state index contributed by atoms with van der Waals surface area (Å²) >= 11 is 0. The molecular weight excluding hydrogens is 588 g/mol. The number of hydrogen-bond acceptors (Lipinski definition) is 7. The average molecular weight is 635 g/mol. The van der Waals surface area contributed by atoms with Crippen LogP contribution in [-0.4, -0.2) is 87.6 Å². The molecule has 0 radical (unpaired) electrons. The van der Waals surface area contributed by atoms with Crippen molar-refractivity contribution >= 4 is 29.4 Å². The number of carboxylic acids is 1. The van der Waals surface area contributed by atoms with Crippen molar-refractivity contribution in [1.82, 2.24) is 15.1 Å². The van der Waals surface area contributed by atoms with E-state index in [-0.39, 0.29) is 29.5 Å². The van der Waals surface area contributed by atoms with Gasteiger partial charge in [-0.2, -0.15) is 0 Å². The van der Waals surface area contributed by atoms with Crippen molar-refractivity contribution in [2.45, 2.75) is 94.9 Å². The molecule has 0 aromatic heterocycles. The zero-order valence-corrected chi connectivity index (χ0v) is 26.8. The van der Waals surface area contributed by atoms with Gasteiger partial charge >= 0.3 is 5.97 Å². The first kappa shape index (κ1) is 33.4. The number of nitrogens with one attached hydrogen (secondary N) is 2. The number of hydrogen-bond donors (Lipinski definition) is 4. The lowest BCUT2D eigenvalue weighted by Crippen LogP contribution is -2.73. The Labute approximate surface area is 270 Å². The van der Waals surface area contributed by atoms with Gasteiger partial charge in [-0.1, -0.05) is 44.7 Å².